The normalized spacial score (nSPS) is 18.9. The van der Waals surface area contributed by atoms with Crippen molar-refractivity contribution in [2.45, 2.75) is 32.2 Å². The van der Waals surface area contributed by atoms with Crippen LogP contribution in [0.15, 0.2) is 24.4 Å². The number of piperidine rings is 2. The SMILES string of the molecule is CN(C)C(=O)NCC(=O)N1CCC2(CCC(=O)N(Cc3ccccn3)C2)CC1. The van der Waals surface area contributed by atoms with E-state index < -0.39 is 0 Å². The summed E-state index contributed by atoms with van der Waals surface area (Å²) in [5.41, 5.74) is 0.976. The van der Waals surface area contributed by atoms with Gasteiger partial charge in [0.15, 0.2) is 0 Å². The van der Waals surface area contributed by atoms with Crippen LogP contribution in [0, 0.1) is 5.41 Å². The molecule has 1 aromatic rings. The zero-order valence-corrected chi connectivity index (χ0v) is 16.7. The van der Waals surface area contributed by atoms with Crippen LogP contribution >= 0.6 is 0 Å². The number of urea groups is 1. The first kappa shape index (κ1) is 20.1. The summed E-state index contributed by atoms with van der Waals surface area (Å²) in [6.07, 6.45) is 4.95. The predicted molar refractivity (Wildman–Crippen MR) is 104 cm³/mol. The fourth-order valence-electron chi connectivity index (χ4n) is 3.99. The van der Waals surface area contributed by atoms with E-state index in [0.717, 1.165) is 31.5 Å². The van der Waals surface area contributed by atoms with Gasteiger partial charge < -0.3 is 20.0 Å². The number of rotatable bonds is 4. The number of amides is 4. The molecule has 2 aliphatic rings. The molecular weight excluding hydrogens is 358 g/mol. The first-order valence-corrected chi connectivity index (χ1v) is 9.79. The van der Waals surface area contributed by atoms with Crippen molar-refractivity contribution in [2.75, 3.05) is 40.3 Å². The van der Waals surface area contributed by atoms with Crippen molar-refractivity contribution in [3.05, 3.63) is 30.1 Å². The highest BCUT2D eigenvalue weighted by atomic mass is 16.2. The van der Waals surface area contributed by atoms with E-state index in [1.165, 1.54) is 4.90 Å². The molecule has 3 heterocycles. The van der Waals surface area contributed by atoms with Crippen molar-refractivity contribution in [3.8, 4) is 0 Å². The minimum absolute atomic E-state index is 0.0221. The predicted octanol–water partition coefficient (Wildman–Crippen LogP) is 1.08. The molecule has 152 valence electrons. The van der Waals surface area contributed by atoms with Crippen LogP contribution in [0.3, 0.4) is 0 Å². The molecule has 8 nitrogen and oxygen atoms in total. The summed E-state index contributed by atoms with van der Waals surface area (Å²) in [6, 6.07) is 5.48. The second-order valence-corrected chi connectivity index (χ2v) is 8.00. The van der Waals surface area contributed by atoms with Gasteiger partial charge in [0.2, 0.25) is 11.8 Å². The number of carbonyl (C=O) groups is 3. The fraction of sp³-hybridized carbons (Fsp3) is 0.600. The van der Waals surface area contributed by atoms with Gasteiger partial charge >= 0.3 is 6.03 Å². The van der Waals surface area contributed by atoms with Gasteiger partial charge in [-0.15, -0.1) is 0 Å². The molecule has 8 heteroatoms. The number of hydrogen-bond acceptors (Lipinski definition) is 4. The summed E-state index contributed by atoms with van der Waals surface area (Å²) in [7, 11) is 3.29. The minimum atomic E-state index is -0.266. The van der Waals surface area contributed by atoms with Crippen LogP contribution in [0.2, 0.25) is 0 Å². The van der Waals surface area contributed by atoms with Crippen LogP contribution in [-0.4, -0.2) is 77.8 Å². The van der Waals surface area contributed by atoms with Gasteiger partial charge in [-0.05, 0) is 36.8 Å². The maximum absolute atomic E-state index is 12.4. The maximum Gasteiger partial charge on any atom is 0.317 e. The first-order valence-electron chi connectivity index (χ1n) is 9.79. The van der Waals surface area contributed by atoms with Crippen LogP contribution in [0.4, 0.5) is 4.79 Å². The van der Waals surface area contributed by atoms with Crippen LogP contribution in [0.25, 0.3) is 0 Å². The zero-order chi connectivity index (χ0) is 20.1. The van der Waals surface area contributed by atoms with Gasteiger partial charge in [-0.25, -0.2) is 4.79 Å². The lowest BCUT2D eigenvalue weighted by molar-refractivity contribution is -0.142. The Labute approximate surface area is 165 Å². The largest absolute Gasteiger partial charge is 0.341 e. The zero-order valence-electron chi connectivity index (χ0n) is 16.7. The third-order valence-electron chi connectivity index (χ3n) is 5.80. The molecule has 0 unspecified atom stereocenters. The summed E-state index contributed by atoms with van der Waals surface area (Å²) in [5.74, 6) is 0.128. The molecule has 0 aliphatic carbocycles. The van der Waals surface area contributed by atoms with E-state index in [0.29, 0.717) is 26.1 Å². The molecule has 2 aliphatic heterocycles. The summed E-state index contributed by atoms with van der Waals surface area (Å²) < 4.78 is 0. The number of nitrogens with one attached hydrogen (secondary N) is 1. The molecule has 1 N–H and O–H groups in total. The molecule has 0 atom stereocenters. The van der Waals surface area contributed by atoms with Crippen molar-refractivity contribution in [2.24, 2.45) is 5.41 Å². The Balaban J connectivity index is 1.53. The minimum Gasteiger partial charge on any atom is -0.341 e. The third kappa shape index (κ3) is 4.79. The highest BCUT2D eigenvalue weighted by molar-refractivity contribution is 5.84. The molecule has 2 fully saturated rings. The van der Waals surface area contributed by atoms with Gasteiger partial charge in [-0.2, -0.15) is 0 Å². The van der Waals surface area contributed by atoms with Gasteiger partial charge in [0, 0.05) is 46.3 Å². The monoisotopic (exact) mass is 387 g/mol. The number of likely N-dealkylation sites (tertiary alicyclic amines) is 2. The van der Waals surface area contributed by atoms with E-state index in [9.17, 15) is 14.4 Å². The van der Waals surface area contributed by atoms with Gasteiger partial charge in [0.1, 0.15) is 0 Å². The van der Waals surface area contributed by atoms with E-state index in [1.807, 2.05) is 28.0 Å². The molecule has 4 amide bonds. The van der Waals surface area contributed by atoms with Crippen molar-refractivity contribution in [1.82, 2.24) is 25.0 Å². The van der Waals surface area contributed by atoms with Crippen molar-refractivity contribution in [1.29, 1.82) is 0 Å². The Morgan fingerprint density at radius 2 is 1.96 bits per heavy atom. The van der Waals surface area contributed by atoms with Crippen LogP contribution in [0.1, 0.15) is 31.4 Å². The molecule has 0 saturated carbocycles. The van der Waals surface area contributed by atoms with Crippen LogP contribution in [-0.2, 0) is 16.1 Å². The quantitative estimate of drug-likeness (QED) is 0.838. The highest BCUT2D eigenvalue weighted by Crippen LogP contribution is 2.40. The molecule has 3 rings (SSSR count). The molecule has 1 spiro atoms. The highest BCUT2D eigenvalue weighted by Gasteiger charge is 2.41. The van der Waals surface area contributed by atoms with Crippen LogP contribution < -0.4 is 5.32 Å². The number of hydrogen-bond donors (Lipinski definition) is 1. The van der Waals surface area contributed by atoms with Crippen molar-refractivity contribution in [3.63, 3.8) is 0 Å². The Morgan fingerprint density at radius 3 is 2.61 bits per heavy atom. The fourth-order valence-corrected chi connectivity index (χ4v) is 3.99. The number of nitrogens with zero attached hydrogens (tertiary/aromatic N) is 4. The van der Waals surface area contributed by atoms with Crippen molar-refractivity contribution < 1.29 is 14.4 Å². The third-order valence-corrected chi connectivity index (χ3v) is 5.80. The van der Waals surface area contributed by atoms with E-state index >= 15 is 0 Å². The Hall–Kier alpha value is -2.64. The van der Waals surface area contributed by atoms with Crippen molar-refractivity contribution >= 4 is 17.8 Å². The first-order chi connectivity index (χ1) is 13.4. The van der Waals surface area contributed by atoms with E-state index in [-0.39, 0.29) is 29.8 Å². The Bertz CT molecular complexity index is 714. The number of carbonyl (C=O) groups excluding carboxylic acids is 3. The van der Waals surface area contributed by atoms with Crippen LogP contribution in [0.5, 0.6) is 0 Å². The summed E-state index contributed by atoms with van der Waals surface area (Å²) in [6.45, 7) is 2.63. The average molecular weight is 387 g/mol. The van der Waals surface area contributed by atoms with Gasteiger partial charge in [0.25, 0.3) is 0 Å². The topological polar surface area (TPSA) is 85.8 Å². The lowest BCUT2D eigenvalue weighted by Crippen LogP contribution is -2.53. The summed E-state index contributed by atoms with van der Waals surface area (Å²) >= 11 is 0. The standard InChI is InChI=1S/C20H29N5O3/c1-23(2)19(28)22-13-18(27)24-11-8-20(9-12-24)7-6-17(26)25(15-20)14-16-5-3-4-10-21-16/h3-5,10H,6-9,11-15H2,1-2H3,(H,22,28). The molecule has 1 aromatic heterocycles. The second kappa shape index (κ2) is 8.58. The Kier molecular flexibility index (Phi) is 6.16. The lowest BCUT2D eigenvalue weighted by atomic mass is 9.72. The van der Waals surface area contributed by atoms with Gasteiger partial charge in [-0.3, -0.25) is 14.6 Å². The van der Waals surface area contributed by atoms with Gasteiger partial charge in [0.05, 0.1) is 18.8 Å². The molecule has 28 heavy (non-hydrogen) atoms. The van der Waals surface area contributed by atoms with E-state index in [4.69, 9.17) is 0 Å². The molecule has 2 saturated heterocycles. The molecular formula is C20H29N5O3. The second-order valence-electron chi connectivity index (χ2n) is 8.00. The molecule has 0 bridgehead atoms. The van der Waals surface area contributed by atoms with E-state index in [1.54, 1.807) is 20.3 Å². The molecule has 0 aromatic carbocycles. The Morgan fingerprint density at radius 1 is 1.21 bits per heavy atom. The molecule has 0 radical (unpaired) electrons. The number of aromatic nitrogens is 1. The summed E-state index contributed by atoms with van der Waals surface area (Å²) in [5, 5.41) is 2.63. The average Bonchev–Trinajstić information content (AvgIpc) is 2.70. The number of pyridine rings is 1. The smallest absolute Gasteiger partial charge is 0.317 e. The maximum atomic E-state index is 12.4. The van der Waals surface area contributed by atoms with E-state index in [2.05, 4.69) is 10.3 Å². The van der Waals surface area contributed by atoms with Gasteiger partial charge in [-0.1, -0.05) is 6.07 Å². The summed E-state index contributed by atoms with van der Waals surface area (Å²) in [4.78, 5) is 45.8. The lowest BCUT2D eigenvalue weighted by Gasteiger charge is -2.47.